The number of halogens is 2. The Balaban J connectivity index is 2.07. The second kappa shape index (κ2) is 13.5. The molecule has 3 aromatic rings. The molecule has 0 aliphatic carbocycles. The Kier molecular flexibility index (Phi) is 10.6. The zero-order valence-electron chi connectivity index (χ0n) is 23.3. The van der Waals surface area contributed by atoms with Gasteiger partial charge in [-0.15, -0.1) is 0 Å². The summed E-state index contributed by atoms with van der Waals surface area (Å²) in [6, 6.07) is 17.6. The third kappa shape index (κ3) is 7.56. The van der Waals surface area contributed by atoms with Crippen LogP contribution in [0.15, 0.2) is 71.6 Å². The molecule has 0 aliphatic heterocycles. The minimum Gasteiger partial charge on any atom is -0.352 e. The van der Waals surface area contributed by atoms with Crippen LogP contribution >= 0.6 is 23.2 Å². The molecule has 0 saturated heterocycles. The van der Waals surface area contributed by atoms with E-state index in [4.69, 9.17) is 23.2 Å². The van der Waals surface area contributed by atoms with Crippen LogP contribution in [0.4, 0.5) is 5.69 Å². The Bertz CT molecular complexity index is 1460. The maximum atomic E-state index is 14.0. The zero-order valence-corrected chi connectivity index (χ0v) is 25.6. The number of nitrogens with zero attached hydrogens (tertiary/aromatic N) is 2. The average Bonchev–Trinajstić information content (AvgIpc) is 2.91. The van der Waals surface area contributed by atoms with Gasteiger partial charge in [0.25, 0.3) is 10.0 Å². The number of aryl methyl sites for hydroxylation is 2. The summed E-state index contributed by atoms with van der Waals surface area (Å²) in [5.41, 5.74) is 2.75. The quantitative estimate of drug-likeness (QED) is 0.285. The van der Waals surface area contributed by atoms with E-state index in [1.807, 2.05) is 52.0 Å². The van der Waals surface area contributed by atoms with Crippen LogP contribution in [0, 0.1) is 13.8 Å². The van der Waals surface area contributed by atoms with E-state index in [9.17, 15) is 18.0 Å². The molecule has 2 amide bonds. The highest BCUT2D eigenvalue weighted by Crippen LogP contribution is 2.35. The molecule has 10 heteroatoms. The minimum atomic E-state index is -4.25. The van der Waals surface area contributed by atoms with Gasteiger partial charge in [0.1, 0.15) is 12.6 Å². The maximum Gasteiger partial charge on any atom is 0.264 e. The van der Waals surface area contributed by atoms with Gasteiger partial charge in [-0.05, 0) is 63.9 Å². The van der Waals surface area contributed by atoms with Crippen LogP contribution in [0.3, 0.4) is 0 Å². The van der Waals surface area contributed by atoms with Crippen molar-refractivity contribution in [3.63, 3.8) is 0 Å². The van der Waals surface area contributed by atoms with Crippen molar-refractivity contribution in [3.8, 4) is 0 Å². The van der Waals surface area contributed by atoms with E-state index in [0.29, 0.717) is 0 Å². The Morgan fingerprint density at radius 3 is 2.20 bits per heavy atom. The molecule has 0 saturated carbocycles. The summed E-state index contributed by atoms with van der Waals surface area (Å²) in [4.78, 5) is 28.5. The fourth-order valence-electron chi connectivity index (χ4n) is 4.09. The lowest BCUT2D eigenvalue weighted by Crippen LogP contribution is -2.52. The third-order valence-electron chi connectivity index (χ3n) is 6.69. The Morgan fingerprint density at radius 2 is 1.57 bits per heavy atom. The molecule has 0 fully saturated rings. The number of nitrogens with one attached hydrogen (secondary N) is 1. The van der Waals surface area contributed by atoms with Gasteiger partial charge in [0.05, 0.1) is 20.6 Å². The van der Waals surface area contributed by atoms with Gasteiger partial charge < -0.3 is 10.2 Å². The first-order valence-corrected chi connectivity index (χ1v) is 15.2. The number of carbonyl (C=O) groups is 2. The molecule has 40 heavy (non-hydrogen) atoms. The van der Waals surface area contributed by atoms with Crippen molar-refractivity contribution in [2.24, 2.45) is 0 Å². The van der Waals surface area contributed by atoms with Gasteiger partial charge in [0.15, 0.2) is 0 Å². The van der Waals surface area contributed by atoms with Gasteiger partial charge in [-0.25, -0.2) is 8.42 Å². The number of hydrogen-bond acceptors (Lipinski definition) is 4. The highest BCUT2D eigenvalue weighted by Gasteiger charge is 2.34. The van der Waals surface area contributed by atoms with Gasteiger partial charge in [-0.3, -0.25) is 13.9 Å². The third-order valence-corrected chi connectivity index (χ3v) is 9.27. The number of rotatable bonds is 11. The standard InChI is InChI=1S/C30H35Cl2N3O4S/c1-6-22(4)33-30(37)23(5)34(18-24-10-7-9-21(3)17-24)28(36)19-35(27-12-8-11-26(31)29(27)32)40(38,39)25-15-13-20(2)14-16-25/h7-17,22-23H,6,18-19H2,1-5H3,(H,33,37)/t22-,23+/m0/s1. The Hall–Kier alpha value is -3.07. The predicted molar refractivity (Wildman–Crippen MR) is 161 cm³/mol. The summed E-state index contributed by atoms with van der Waals surface area (Å²) in [7, 11) is -4.25. The van der Waals surface area contributed by atoms with E-state index in [1.165, 1.54) is 29.2 Å². The number of hydrogen-bond donors (Lipinski definition) is 1. The molecule has 2 atom stereocenters. The van der Waals surface area contributed by atoms with Crippen LogP contribution in [-0.4, -0.2) is 43.8 Å². The van der Waals surface area contributed by atoms with Crippen molar-refractivity contribution in [3.05, 3.63) is 93.5 Å². The number of amides is 2. The van der Waals surface area contributed by atoms with Crippen molar-refractivity contribution in [1.82, 2.24) is 10.2 Å². The topological polar surface area (TPSA) is 86.8 Å². The van der Waals surface area contributed by atoms with E-state index >= 15 is 0 Å². The molecule has 3 rings (SSSR count). The predicted octanol–water partition coefficient (Wildman–Crippen LogP) is 6.14. The number of sulfonamides is 1. The molecule has 7 nitrogen and oxygen atoms in total. The van der Waals surface area contributed by atoms with E-state index in [0.717, 1.165) is 27.4 Å². The van der Waals surface area contributed by atoms with E-state index < -0.39 is 28.5 Å². The second-order valence-electron chi connectivity index (χ2n) is 9.90. The van der Waals surface area contributed by atoms with E-state index in [1.54, 1.807) is 25.1 Å². The lowest BCUT2D eigenvalue weighted by molar-refractivity contribution is -0.139. The molecule has 214 valence electrons. The van der Waals surface area contributed by atoms with Crippen LogP contribution in [0.5, 0.6) is 0 Å². The van der Waals surface area contributed by atoms with Gasteiger partial charge >= 0.3 is 0 Å². The first-order valence-electron chi connectivity index (χ1n) is 13.0. The second-order valence-corrected chi connectivity index (χ2v) is 12.5. The lowest BCUT2D eigenvalue weighted by Gasteiger charge is -2.32. The van der Waals surface area contributed by atoms with Crippen molar-refractivity contribution in [2.75, 3.05) is 10.8 Å². The molecule has 0 spiro atoms. The lowest BCUT2D eigenvalue weighted by atomic mass is 10.1. The summed E-state index contributed by atoms with van der Waals surface area (Å²) < 4.78 is 28.8. The fourth-order valence-corrected chi connectivity index (χ4v) is 5.96. The average molecular weight is 605 g/mol. The number of benzene rings is 3. The summed E-state index contributed by atoms with van der Waals surface area (Å²) in [5, 5.41) is 3.07. The molecule has 3 aromatic carbocycles. The van der Waals surface area contributed by atoms with E-state index in [2.05, 4.69) is 5.32 Å². The van der Waals surface area contributed by atoms with Crippen LogP contribution in [0.2, 0.25) is 10.0 Å². The molecule has 0 aliphatic rings. The Morgan fingerprint density at radius 1 is 0.925 bits per heavy atom. The van der Waals surface area contributed by atoms with Crippen LogP contribution < -0.4 is 9.62 Å². The largest absolute Gasteiger partial charge is 0.352 e. The van der Waals surface area contributed by atoms with Crippen molar-refractivity contribution >= 4 is 50.7 Å². The molecule has 0 heterocycles. The summed E-state index contributed by atoms with van der Waals surface area (Å²) in [6.07, 6.45) is 0.722. The van der Waals surface area contributed by atoms with E-state index in [-0.39, 0.29) is 39.1 Å². The van der Waals surface area contributed by atoms with Gasteiger partial charge in [0, 0.05) is 12.6 Å². The molecular formula is C30H35Cl2N3O4S. The minimum absolute atomic E-state index is 0.000416. The first-order chi connectivity index (χ1) is 18.8. The molecular weight excluding hydrogens is 569 g/mol. The van der Waals surface area contributed by atoms with Crippen molar-refractivity contribution in [2.45, 2.75) is 64.6 Å². The van der Waals surface area contributed by atoms with Crippen molar-refractivity contribution < 1.29 is 18.0 Å². The van der Waals surface area contributed by atoms with Crippen molar-refractivity contribution in [1.29, 1.82) is 0 Å². The molecule has 0 aromatic heterocycles. The monoisotopic (exact) mass is 603 g/mol. The number of carbonyl (C=O) groups excluding carboxylic acids is 2. The highest BCUT2D eigenvalue weighted by molar-refractivity contribution is 7.92. The van der Waals surface area contributed by atoms with Gasteiger partial charge in [-0.2, -0.15) is 0 Å². The van der Waals surface area contributed by atoms with Gasteiger partial charge in [-0.1, -0.05) is 83.7 Å². The van der Waals surface area contributed by atoms with Crippen LogP contribution in [0.1, 0.15) is 43.9 Å². The highest BCUT2D eigenvalue weighted by atomic mass is 35.5. The molecule has 1 N–H and O–H groups in total. The smallest absolute Gasteiger partial charge is 0.264 e. The Labute approximate surface area is 247 Å². The van der Waals surface area contributed by atoms with Crippen LogP contribution in [0.25, 0.3) is 0 Å². The molecule has 0 radical (unpaired) electrons. The maximum absolute atomic E-state index is 14.0. The van der Waals surface area contributed by atoms with Crippen LogP contribution in [-0.2, 0) is 26.2 Å². The zero-order chi connectivity index (χ0) is 29.6. The normalized spacial score (nSPS) is 12.9. The first kappa shape index (κ1) is 31.5. The SMILES string of the molecule is CC[C@H](C)NC(=O)[C@@H](C)N(Cc1cccc(C)c1)C(=O)CN(c1cccc(Cl)c1Cl)S(=O)(=O)c1ccc(C)cc1. The summed E-state index contributed by atoms with van der Waals surface area (Å²) >= 11 is 12.7. The summed E-state index contributed by atoms with van der Waals surface area (Å²) in [6.45, 7) is 8.77. The summed E-state index contributed by atoms with van der Waals surface area (Å²) in [5.74, 6) is -0.899. The number of anilines is 1. The molecule has 0 bridgehead atoms. The van der Waals surface area contributed by atoms with Gasteiger partial charge in [0.2, 0.25) is 11.8 Å². The molecule has 0 unspecified atom stereocenters. The fraction of sp³-hybridized carbons (Fsp3) is 0.333.